The Morgan fingerprint density at radius 3 is 2.42 bits per heavy atom. The molecule has 0 aliphatic carbocycles. The van der Waals surface area contributed by atoms with Gasteiger partial charge in [0, 0.05) is 13.0 Å². The number of nitrogens with one attached hydrogen (secondary N) is 1. The van der Waals surface area contributed by atoms with E-state index in [0.29, 0.717) is 24.9 Å². The molecule has 5 nitrogen and oxygen atoms in total. The van der Waals surface area contributed by atoms with Crippen molar-refractivity contribution in [2.24, 2.45) is 0 Å². The van der Waals surface area contributed by atoms with Crippen LogP contribution in [-0.2, 0) is 14.8 Å². The number of sulfonamides is 1. The second-order valence-electron chi connectivity index (χ2n) is 5.61. The quantitative estimate of drug-likeness (QED) is 0.461. The minimum Gasteiger partial charge on any atom is -0.449 e. The molecule has 6 heteroatoms. The molecule has 136 valence electrons. The molecule has 26 heavy (non-hydrogen) atoms. The van der Waals surface area contributed by atoms with Crippen LogP contribution in [0.2, 0.25) is 0 Å². The fourth-order valence-electron chi connectivity index (χ4n) is 2.08. The zero-order chi connectivity index (χ0) is 18.8. The smallest absolute Gasteiger partial charge is 0.339 e. The summed E-state index contributed by atoms with van der Waals surface area (Å²) in [5, 5.41) is 0. The highest BCUT2D eigenvalue weighted by Gasteiger charge is 2.12. The third-order valence-electron chi connectivity index (χ3n) is 3.51. The molecule has 0 bridgehead atoms. The Bertz CT molecular complexity index is 879. The van der Waals surface area contributed by atoms with Gasteiger partial charge in [0.2, 0.25) is 10.0 Å². The molecule has 0 spiro atoms. The Kier molecular flexibility index (Phi) is 7.39. The monoisotopic (exact) mass is 371 g/mol. The van der Waals surface area contributed by atoms with E-state index in [1.54, 1.807) is 48.5 Å². The van der Waals surface area contributed by atoms with Gasteiger partial charge in [-0.2, -0.15) is 0 Å². The Morgan fingerprint density at radius 2 is 1.73 bits per heavy atom. The molecule has 0 aliphatic heterocycles. The predicted octanol–water partition coefficient (Wildman–Crippen LogP) is 2.91. The maximum absolute atomic E-state index is 12.1. The van der Waals surface area contributed by atoms with E-state index in [-0.39, 0.29) is 11.5 Å². The number of unbranched alkanes of at least 4 members (excludes halogenated alkanes) is 1. The van der Waals surface area contributed by atoms with Gasteiger partial charge >= 0.3 is 5.97 Å². The van der Waals surface area contributed by atoms with Gasteiger partial charge in [0.15, 0.2) is 6.61 Å². The lowest BCUT2D eigenvalue weighted by molar-refractivity contribution is 0.0556. The van der Waals surface area contributed by atoms with Crippen LogP contribution in [0.4, 0.5) is 0 Å². The van der Waals surface area contributed by atoms with Gasteiger partial charge in [-0.05, 0) is 37.6 Å². The van der Waals surface area contributed by atoms with Crippen LogP contribution in [0.25, 0.3) is 0 Å². The fourth-order valence-corrected chi connectivity index (χ4v) is 3.16. The van der Waals surface area contributed by atoms with Crippen molar-refractivity contribution in [3.8, 4) is 11.8 Å². The third-order valence-corrected chi connectivity index (χ3v) is 4.99. The fraction of sp³-hybridized carbons (Fsp3) is 0.250. The molecule has 2 aromatic rings. The Balaban J connectivity index is 1.66. The van der Waals surface area contributed by atoms with Gasteiger partial charge in [-0.15, -0.1) is 0 Å². The van der Waals surface area contributed by atoms with Crippen molar-refractivity contribution < 1.29 is 17.9 Å². The van der Waals surface area contributed by atoms with Crippen LogP contribution < -0.4 is 4.72 Å². The van der Waals surface area contributed by atoms with Crippen molar-refractivity contribution in [1.29, 1.82) is 0 Å². The largest absolute Gasteiger partial charge is 0.449 e. The van der Waals surface area contributed by atoms with E-state index < -0.39 is 16.0 Å². The first kappa shape index (κ1) is 19.7. The number of benzene rings is 2. The minimum absolute atomic E-state index is 0.0167. The second-order valence-corrected chi connectivity index (χ2v) is 7.38. The second kappa shape index (κ2) is 9.76. The summed E-state index contributed by atoms with van der Waals surface area (Å²) < 4.78 is 31.7. The summed E-state index contributed by atoms with van der Waals surface area (Å²) in [6.45, 7) is 2.22. The van der Waals surface area contributed by atoms with Crippen molar-refractivity contribution in [1.82, 2.24) is 4.72 Å². The molecule has 0 fully saturated rings. The van der Waals surface area contributed by atoms with Gasteiger partial charge in [0.05, 0.1) is 10.5 Å². The van der Waals surface area contributed by atoms with Crippen molar-refractivity contribution in [3.05, 3.63) is 65.7 Å². The molecule has 0 radical (unpaired) electrons. The molecule has 0 unspecified atom stereocenters. The Morgan fingerprint density at radius 1 is 1.04 bits per heavy atom. The van der Waals surface area contributed by atoms with Crippen molar-refractivity contribution in [3.63, 3.8) is 0 Å². The Hall–Kier alpha value is -2.62. The average molecular weight is 371 g/mol. The summed E-state index contributed by atoms with van der Waals surface area (Å²) in [4.78, 5) is 11.9. The van der Waals surface area contributed by atoms with Gasteiger partial charge in [0.1, 0.15) is 0 Å². The van der Waals surface area contributed by atoms with Gasteiger partial charge in [0.25, 0.3) is 0 Å². The topological polar surface area (TPSA) is 72.5 Å². The number of aryl methyl sites for hydroxylation is 1. The first-order valence-electron chi connectivity index (χ1n) is 8.23. The molecular formula is C20H21NO4S. The molecule has 0 atom stereocenters. The highest BCUT2D eigenvalue weighted by atomic mass is 32.2. The SMILES string of the molecule is Cc1ccc(S(=O)(=O)NCCCC#CCOC(=O)c2ccccc2)cc1. The summed E-state index contributed by atoms with van der Waals surface area (Å²) in [5.74, 6) is 5.20. The highest BCUT2D eigenvalue weighted by molar-refractivity contribution is 7.89. The van der Waals surface area contributed by atoms with Gasteiger partial charge in [-0.1, -0.05) is 47.7 Å². The molecule has 1 N–H and O–H groups in total. The summed E-state index contributed by atoms with van der Waals surface area (Å²) in [7, 11) is -3.48. The number of rotatable bonds is 7. The van der Waals surface area contributed by atoms with E-state index in [4.69, 9.17) is 4.74 Å². The number of carbonyl (C=O) groups is 1. The van der Waals surface area contributed by atoms with Gasteiger partial charge in [-0.25, -0.2) is 17.9 Å². The summed E-state index contributed by atoms with van der Waals surface area (Å²) >= 11 is 0. The maximum atomic E-state index is 12.1. The van der Waals surface area contributed by atoms with Crippen LogP contribution in [-0.4, -0.2) is 27.5 Å². The molecule has 0 saturated carbocycles. The van der Waals surface area contributed by atoms with E-state index >= 15 is 0 Å². The van der Waals surface area contributed by atoms with Crippen LogP contribution in [0.1, 0.15) is 28.8 Å². The third kappa shape index (κ3) is 6.36. The summed E-state index contributed by atoms with van der Waals surface area (Å²) in [6.07, 6.45) is 1.09. The lowest BCUT2D eigenvalue weighted by Gasteiger charge is -2.05. The van der Waals surface area contributed by atoms with E-state index in [2.05, 4.69) is 16.6 Å². The number of hydrogen-bond acceptors (Lipinski definition) is 4. The lowest BCUT2D eigenvalue weighted by atomic mass is 10.2. The molecule has 0 heterocycles. The summed E-state index contributed by atoms with van der Waals surface area (Å²) in [5.41, 5.74) is 1.49. The number of carbonyl (C=O) groups excluding carboxylic acids is 1. The van der Waals surface area contributed by atoms with Gasteiger partial charge < -0.3 is 4.74 Å². The van der Waals surface area contributed by atoms with Crippen molar-refractivity contribution in [2.75, 3.05) is 13.2 Å². The zero-order valence-electron chi connectivity index (χ0n) is 14.6. The molecule has 2 aromatic carbocycles. The van der Waals surface area contributed by atoms with E-state index in [9.17, 15) is 13.2 Å². The zero-order valence-corrected chi connectivity index (χ0v) is 15.4. The van der Waals surface area contributed by atoms with Crippen LogP contribution in [0.3, 0.4) is 0 Å². The maximum Gasteiger partial charge on any atom is 0.339 e. The van der Waals surface area contributed by atoms with E-state index in [1.165, 1.54) is 0 Å². The van der Waals surface area contributed by atoms with Crippen molar-refractivity contribution >= 4 is 16.0 Å². The van der Waals surface area contributed by atoms with E-state index in [1.807, 2.05) is 13.0 Å². The minimum atomic E-state index is -3.48. The lowest BCUT2D eigenvalue weighted by Crippen LogP contribution is -2.24. The molecule has 0 aromatic heterocycles. The average Bonchev–Trinajstić information content (AvgIpc) is 2.64. The first-order valence-corrected chi connectivity index (χ1v) is 9.71. The first-order chi connectivity index (χ1) is 12.5. The normalized spacial score (nSPS) is 10.7. The number of hydrogen-bond donors (Lipinski definition) is 1. The van der Waals surface area contributed by atoms with Crippen LogP contribution in [0, 0.1) is 18.8 Å². The molecule has 0 amide bonds. The summed E-state index contributed by atoms with van der Waals surface area (Å²) in [6, 6.07) is 15.4. The molecule has 0 aliphatic rings. The van der Waals surface area contributed by atoms with Crippen LogP contribution >= 0.6 is 0 Å². The predicted molar refractivity (Wildman–Crippen MR) is 100 cm³/mol. The molecule has 0 saturated heterocycles. The van der Waals surface area contributed by atoms with Crippen molar-refractivity contribution in [2.45, 2.75) is 24.7 Å². The number of esters is 1. The molecule has 2 rings (SSSR count). The van der Waals surface area contributed by atoms with Crippen LogP contribution in [0.15, 0.2) is 59.5 Å². The number of ether oxygens (including phenoxy) is 1. The molecular weight excluding hydrogens is 350 g/mol. The van der Waals surface area contributed by atoms with Gasteiger partial charge in [-0.3, -0.25) is 0 Å². The van der Waals surface area contributed by atoms with E-state index in [0.717, 1.165) is 5.56 Å². The highest BCUT2D eigenvalue weighted by Crippen LogP contribution is 2.09. The standard InChI is InChI=1S/C20H21NO4S/c1-17-11-13-19(14-12-17)26(23,24)21-15-7-2-3-8-16-25-20(22)18-9-5-4-6-10-18/h4-6,9-14,21H,2,7,15-16H2,1H3. The van der Waals surface area contributed by atoms with Crippen LogP contribution in [0.5, 0.6) is 0 Å². The Labute approximate surface area is 154 Å².